The highest BCUT2D eigenvalue weighted by atomic mass is 35.5. The Balaban J connectivity index is 1.61. The Hall–Kier alpha value is -3.33. The van der Waals surface area contributed by atoms with E-state index >= 15 is 0 Å². The number of pyridine rings is 1. The molecular weight excluding hydrogens is 400 g/mol. The molecule has 0 atom stereocenters. The highest BCUT2D eigenvalue weighted by Gasteiger charge is 2.23. The van der Waals surface area contributed by atoms with Gasteiger partial charge in [0.05, 0.1) is 11.9 Å². The standard InChI is InChI=1S/C19H19ClN4O5/c20-13-3-1-12(2-4-13)19(29)24-7-5-23(6-8-24)14-9-15(25)17(21-10-14)18(28)22-11-16(26)27/h1-4,9-10,25H,5-8,11H2,(H,22,28)(H,26,27). The Kier molecular flexibility index (Phi) is 6.18. The summed E-state index contributed by atoms with van der Waals surface area (Å²) in [4.78, 5) is 42.6. The summed E-state index contributed by atoms with van der Waals surface area (Å²) >= 11 is 5.85. The Morgan fingerprint density at radius 2 is 1.76 bits per heavy atom. The van der Waals surface area contributed by atoms with E-state index in [1.165, 1.54) is 12.3 Å². The van der Waals surface area contributed by atoms with Gasteiger partial charge >= 0.3 is 5.97 Å². The van der Waals surface area contributed by atoms with Crippen molar-refractivity contribution in [2.24, 2.45) is 0 Å². The number of aromatic nitrogens is 1. The van der Waals surface area contributed by atoms with E-state index in [1.54, 1.807) is 29.2 Å². The molecule has 1 fully saturated rings. The molecule has 152 valence electrons. The van der Waals surface area contributed by atoms with Gasteiger partial charge in [0.15, 0.2) is 5.69 Å². The lowest BCUT2D eigenvalue weighted by molar-refractivity contribution is -0.135. The molecule has 1 aromatic carbocycles. The maximum absolute atomic E-state index is 12.6. The first kappa shape index (κ1) is 20.4. The zero-order valence-corrected chi connectivity index (χ0v) is 16.1. The van der Waals surface area contributed by atoms with Gasteiger partial charge in [0.2, 0.25) is 0 Å². The minimum Gasteiger partial charge on any atom is -0.505 e. The van der Waals surface area contributed by atoms with Crippen molar-refractivity contribution < 1.29 is 24.6 Å². The average molecular weight is 419 g/mol. The van der Waals surface area contributed by atoms with Crippen LogP contribution in [0.5, 0.6) is 5.75 Å². The summed E-state index contributed by atoms with van der Waals surface area (Å²) in [6.07, 6.45) is 1.44. The Morgan fingerprint density at radius 3 is 2.34 bits per heavy atom. The molecule has 0 aliphatic carbocycles. The number of rotatable bonds is 5. The molecular formula is C19H19ClN4O5. The van der Waals surface area contributed by atoms with Crippen LogP contribution in [0.1, 0.15) is 20.8 Å². The molecule has 9 nitrogen and oxygen atoms in total. The summed E-state index contributed by atoms with van der Waals surface area (Å²) in [5.74, 6) is -2.38. The van der Waals surface area contributed by atoms with Crippen molar-refractivity contribution in [3.05, 3.63) is 52.8 Å². The number of nitrogens with zero attached hydrogens (tertiary/aromatic N) is 3. The maximum atomic E-state index is 12.6. The Morgan fingerprint density at radius 1 is 1.10 bits per heavy atom. The molecule has 0 unspecified atom stereocenters. The SMILES string of the molecule is O=C(O)CNC(=O)c1ncc(N2CCN(C(=O)c3ccc(Cl)cc3)CC2)cc1O. The molecule has 29 heavy (non-hydrogen) atoms. The van der Waals surface area contributed by atoms with E-state index in [2.05, 4.69) is 10.3 Å². The topological polar surface area (TPSA) is 123 Å². The van der Waals surface area contributed by atoms with Crippen LogP contribution in [-0.4, -0.2) is 70.6 Å². The smallest absolute Gasteiger partial charge is 0.322 e. The first-order chi connectivity index (χ1) is 13.8. The van der Waals surface area contributed by atoms with Crippen LogP contribution in [0.15, 0.2) is 36.5 Å². The number of aromatic hydroxyl groups is 1. The van der Waals surface area contributed by atoms with E-state index in [0.717, 1.165) is 0 Å². The lowest BCUT2D eigenvalue weighted by Crippen LogP contribution is -2.48. The number of carboxylic acid groups (broad SMARTS) is 1. The van der Waals surface area contributed by atoms with Gasteiger partial charge in [-0.05, 0) is 24.3 Å². The number of piperazine rings is 1. The first-order valence-corrected chi connectivity index (χ1v) is 9.21. The van der Waals surface area contributed by atoms with E-state index in [0.29, 0.717) is 42.5 Å². The van der Waals surface area contributed by atoms with Crippen molar-refractivity contribution in [3.63, 3.8) is 0 Å². The Labute approximate surface area is 171 Å². The molecule has 0 saturated carbocycles. The van der Waals surface area contributed by atoms with Crippen LogP contribution in [0, 0.1) is 0 Å². The number of aliphatic carboxylic acids is 1. The molecule has 3 N–H and O–H groups in total. The second-order valence-electron chi connectivity index (χ2n) is 6.42. The van der Waals surface area contributed by atoms with Gasteiger partial charge in [-0.25, -0.2) is 4.98 Å². The lowest BCUT2D eigenvalue weighted by atomic mass is 10.1. The number of halogens is 1. The van der Waals surface area contributed by atoms with Gasteiger partial charge < -0.3 is 25.3 Å². The molecule has 2 aromatic rings. The summed E-state index contributed by atoms with van der Waals surface area (Å²) in [5.41, 5.74) is 0.932. The molecule has 1 aromatic heterocycles. The summed E-state index contributed by atoms with van der Waals surface area (Å²) in [7, 11) is 0. The summed E-state index contributed by atoms with van der Waals surface area (Å²) in [5, 5.41) is 21.4. The minimum atomic E-state index is -1.19. The van der Waals surface area contributed by atoms with Crippen LogP contribution >= 0.6 is 11.6 Å². The molecule has 0 spiro atoms. The Bertz CT molecular complexity index is 927. The van der Waals surface area contributed by atoms with E-state index in [1.807, 2.05) is 4.90 Å². The second kappa shape index (κ2) is 8.78. The predicted molar refractivity (Wildman–Crippen MR) is 105 cm³/mol. The molecule has 0 radical (unpaired) electrons. The third-order valence-electron chi connectivity index (χ3n) is 4.49. The third kappa shape index (κ3) is 4.94. The quantitative estimate of drug-likeness (QED) is 0.667. The van der Waals surface area contributed by atoms with Crippen molar-refractivity contribution in [2.75, 3.05) is 37.6 Å². The molecule has 1 aliphatic rings. The first-order valence-electron chi connectivity index (χ1n) is 8.84. The van der Waals surface area contributed by atoms with Crippen molar-refractivity contribution in [2.45, 2.75) is 0 Å². The molecule has 0 bridgehead atoms. The largest absolute Gasteiger partial charge is 0.505 e. The lowest BCUT2D eigenvalue weighted by Gasteiger charge is -2.36. The van der Waals surface area contributed by atoms with E-state index < -0.39 is 18.4 Å². The number of amides is 2. The molecule has 1 saturated heterocycles. The number of carboxylic acids is 1. The van der Waals surface area contributed by atoms with Gasteiger partial charge in [0.1, 0.15) is 12.3 Å². The normalized spacial score (nSPS) is 13.8. The van der Waals surface area contributed by atoms with Gasteiger partial charge in [-0.2, -0.15) is 0 Å². The number of benzene rings is 1. The van der Waals surface area contributed by atoms with E-state index in [9.17, 15) is 19.5 Å². The molecule has 3 rings (SSSR count). The highest BCUT2D eigenvalue weighted by molar-refractivity contribution is 6.30. The van der Waals surface area contributed by atoms with Crippen LogP contribution in [0.2, 0.25) is 5.02 Å². The maximum Gasteiger partial charge on any atom is 0.322 e. The monoisotopic (exact) mass is 418 g/mol. The number of hydrogen-bond acceptors (Lipinski definition) is 6. The van der Waals surface area contributed by atoms with Crippen molar-refractivity contribution in [3.8, 4) is 5.75 Å². The summed E-state index contributed by atoms with van der Waals surface area (Å²) < 4.78 is 0. The van der Waals surface area contributed by atoms with Crippen LogP contribution in [0.4, 0.5) is 5.69 Å². The molecule has 10 heteroatoms. The van der Waals surface area contributed by atoms with Crippen LogP contribution in [0.25, 0.3) is 0 Å². The molecule has 2 amide bonds. The summed E-state index contributed by atoms with van der Waals surface area (Å²) in [6, 6.07) is 8.13. The number of carbonyl (C=O) groups is 3. The fraction of sp³-hybridized carbons (Fsp3) is 0.263. The molecule has 2 heterocycles. The summed E-state index contributed by atoms with van der Waals surface area (Å²) in [6.45, 7) is 1.48. The van der Waals surface area contributed by atoms with Gasteiger partial charge in [0, 0.05) is 42.8 Å². The van der Waals surface area contributed by atoms with Gasteiger partial charge in [0.25, 0.3) is 11.8 Å². The van der Waals surface area contributed by atoms with Gasteiger partial charge in [-0.3, -0.25) is 14.4 Å². The number of anilines is 1. The number of nitrogens with one attached hydrogen (secondary N) is 1. The minimum absolute atomic E-state index is 0.0762. The van der Waals surface area contributed by atoms with E-state index in [4.69, 9.17) is 16.7 Å². The molecule has 1 aliphatic heterocycles. The van der Waals surface area contributed by atoms with Crippen molar-refractivity contribution >= 4 is 35.1 Å². The van der Waals surface area contributed by atoms with Gasteiger partial charge in [-0.1, -0.05) is 11.6 Å². The third-order valence-corrected chi connectivity index (χ3v) is 4.74. The van der Waals surface area contributed by atoms with Gasteiger partial charge in [-0.15, -0.1) is 0 Å². The fourth-order valence-corrected chi connectivity index (χ4v) is 3.10. The van der Waals surface area contributed by atoms with E-state index in [-0.39, 0.29) is 17.4 Å². The predicted octanol–water partition coefficient (Wildman–Crippen LogP) is 1.22. The number of hydrogen-bond donors (Lipinski definition) is 3. The van der Waals surface area contributed by atoms with Crippen LogP contribution < -0.4 is 10.2 Å². The average Bonchev–Trinajstić information content (AvgIpc) is 2.72. The highest BCUT2D eigenvalue weighted by Crippen LogP contribution is 2.24. The zero-order valence-electron chi connectivity index (χ0n) is 15.3. The van der Waals surface area contributed by atoms with Crippen molar-refractivity contribution in [1.29, 1.82) is 0 Å². The number of carbonyl (C=O) groups excluding carboxylic acids is 2. The van der Waals surface area contributed by atoms with Crippen LogP contribution in [0.3, 0.4) is 0 Å². The van der Waals surface area contributed by atoms with Crippen molar-refractivity contribution in [1.82, 2.24) is 15.2 Å². The fourth-order valence-electron chi connectivity index (χ4n) is 2.97. The second-order valence-corrected chi connectivity index (χ2v) is 6.86. The zero-order chi connectivity index (χ0) is 21.0. The van der Waals surface area contributed by atoms with Crippen LogP contribution in [-0.2, 0) is 4.79 Å².